The van der Waals surface area contributed by atoms with Crippen LogP contribution in [0.2, 0.25) is 0 Å². The van der Waals surface area contributed by atoms with Crippen LogP contribution >= 0.6 is 0 Å². The fourth-order valence-electron chi connectivity index (χ4n) is 2.78. The molecule has 4 nitrogen and oxygen atoms in total. The largest absolute Gasteiger partial charge is 0.490 e. The average Bonchev–Trinajstić information content (AvgIpc) is 2.43. The molecule has 0 aromatic heterocycles. The number of aliphatic hydroxyl groups is 1. The first-order valence-electron chi connectivity index (χ1n) is 7.71. The van der Waals surface area contributed by atoms with Crippen molar-refractivity contribution in [3.8, 4) is 5.75 Å². The van der Waals surface area contributed by atoms with Gasteiger partial charge in [-0.15, -0.1) is 0 Å². The molecule has 3 atom stereocenters. The summed E-state index contributed by atoms with van der Waals surface area (Å²) in [6.07, 6.45) is -0.276. The van der Waals surface area contributed by atoms with Crippen LogP contribution in [0.25, 0.3) is 0 Å². The molecule has 0 aliphatic carbocycles. The third-order valence-corrected chi connectivity index (χ3v) is 4.29. The summed E-state index contributed by atoms with van der Waals surface area (Å²) in [4.78, 5) is 2.27. The van der Waals surface area contributed by atoms with Gasteiger partial charge in [0.1, 0.15) is 18.5 Å². The van der Waals surface area contributed by atoms with E-state index in [1.54, 1.807) is 0 Å². The summed E-state index contributed by atoms with van der Waals surface area (Å²) in [6, 6.07) is 6.40. The molecule has 3 unspecified atom stereocenters. The van der Waals surface area contributed by atoms with Crippen molar-refractivity contribution in [3.05, 3.63) is 29.3 Å². The molecule has 1 aliphatic rings. The van der Waals surface area contributed by atoms with Gasteiger partial charge in [0, 0.05) is 19.1 Å². The van der Waals surface area contributed by atoms with E-state index in [9.17, 15) is 5.11 Å². The topological polar surface area (TPSA) is 41.9 Å². The Morgan fingerprint density at radius 1 is 1.33 bits per heavy atom. The first-order chi connectivity index (χ1) is 9.99. The van der Waals surface area contributed by atoms with Gasteiger partial charge in [0.25, 0.3) is 0 Å². The van der Waals surface area contributed by atoms with Crippen LogP contribution in [0.1, 0.15) is 25.0 Å². The van der Waals surface area contributed by atoms with Crippen LogP contribution in [-0.4, -0.2) is 54.6 Å². The Kier molecular flexibility index (Phi) is 5.62. The molecule has 1 aliphatic heterocycles. The highest BCUT2D eigenvalue weighted by Gasteiger charge is 2.27. The number of β-amino-alcohol motifs (C(OH)–C–C–N with tert-alkyl or cyclic N) is 1. The van der Waals surface area contributed by atoms with Gasteiger partial charge in [-0.2, -0.15) is 0 Å². The Hall–Kier alpha value is -1.10. The van der Waals surface area contributed by atoms with E-state index in [0.717, 1.165) is 30.0 Å². The van der Waals surface area contributed by atoms with Gasteiger partial charge < -0.3 is 14.6 Å². The first kappa shape index (κ1) is 16.3. The number of aliphatic hydroxyl groups excluding tert-OH is 1. The van der Waals surface area contributed by atoms with Gasteiger partial charge in [-0.1, -0.05) is 18.2 Å². The van der Waals surface area contributed by atoms with Crippen molar-refractivity contribution in [3.63, 3.8) is 0 Å². The van der Waals surface area contributed by atoms with Crippen LogP contribution in [0, 0.1) is 13.8 Å². The lowest BCUT2D eigenvalue weighted by atomic mass is 10.1. The third kappa shape index (κ3) is 4.19. The maximum atomic E-state index is 10.2. The lowest BCUT2D eigenvalue weighted by molar-refractivity contribution is -0.0701. The van der Waals surface area contributed by atoms with E-state index in [2.05, 4.69) is 18.7 Å². The second-order valence-corrected chi connectivity index (χ2v) is 6.00. The number of rotatable bonds is 5. The van der Waals surface area contributed by atoms with E-state index in [1.165, 1.54) is 0 Å². The fourth-order valence-corrected chi connectivity index (χ4v) is 2.78. The molecule has 1 N–H and O–H groups in total. The molecule has 1 saturated heterocycles. The molecular weight excluding hydrogens is 266 g/mol. The first-order valence-corrected chi connectivity index (χ1v) is 7.71. The molecule has 4 heteroatoms. The Balaban J connectivity index is 1.86. The van der Waals surface area contributed by atoms with Crippen LogP contribution in [0.15, 0.2) is 18.2 Å². The minimum Gasteiger partial charge on any atom is -0.490 e. The Morgan fingerprint density at radius 3 is 2.67 bits per heavy atom. The molecule has 2 rings (SSSR count). The molecule has 1 aromatic carbocycles. The zero-order chi connectivity index (χ0) is 15.4. The summed E-state index contributed by atoms with van der Waals surface area (Å²) in [7, 11) is 0. The number of benzene rings is 1. The van der Waals surface area contributed by atoms with Crippen LogP contribution in [0.4, 0.5) is 0 Å². The second-order valence-electron chi connectivity index (χ2n) is 6.00. The SMILES string of the molecule is Cc1cccc(C)c1OCC(O)CN1CCOC(C)C1C. The third-order valence-electron chi connectivity index (χ3n) is 4.29. The van der Waals surface area contributed by atoms with Crippen molar-refractivity contribution in [2.45, 2.75) is 45.9 Å². The highest BCUT2D eigenvalue weighted by atomic mass is 16.5. The predicted molar refractivity (Wildman–Crippen MR) is 83.9 cm³/mol. The Labute approximate surface area is 127 Å². The monoisotopic (exact) mass is 293 g/mol. The minimum atomic E-state index is -0.489. The normalized spacial score (nSPS) is 24.8. The quantitative estimate of drug-likeness (QED) is 0.903. The van der Waals surface area contributed by atoms with Gasteiger partial charge >= 0.3 is 0 Å². The molecule has 0 amide bonds. The molecule has 0 bridgehead atoms. The van der Waals surface area contributed by atoms with E-state index in [0.29, 0.717) is 19.2 Å². The Bertz CT molecular complexity index is 443. The summed E-state index contributed by atoms with van der Waals surface area (Å²) < 4.78 is 11.4. The van der Waals surface area contributed by atoms with Crippen LogP contribution in [0.3, 0.4) is 0 Å². The maximum absolute atomic E-state index is 10.2. The summed E-state index contributed by atoms with van der Waals surface area (Å²) >= 11 is 0. The summed E-state index contributed by atoms with van der Waals surface area (Å²) in [6.45, 7) is 10.8. The molecule has 0 spiro atoms. The van der Waals surface area contributed by atoms with Crippen molar-refractivity contribution in [1.29, 1.82) is 0 Å². The van der Waals surface area contributed by atoms with E-state index >= 15 is 0 Å². The number of aryl methyl sites for hydroxylation is 2. The number of hydrogen-bond acceptors (Lipinski definition) is 4. The van der Waals surface area contributed by atoms with Gasteiger partial charge in [0.2, 0.25) is 0 Å². The maximum Gasteiger partial charge on any atom is 0.125 e. The van der Waals surface area contributed by atoms with Crippen LogP contribution < -0.4 is 4.74 Å². The molecule has 0 saturated carbocycles. The molecule has 21 heavy (non-hydrogen) atoms. The van der Waals surface area contributed by atoms with E-state index in [4.69, 9.17) is 9.47 Å². The van der Waals surface area contributed by atoms with Crippen molar-refractivity contribution in [2.24, 2.45) is 0 Å². The van der Waals surface area contributed by atoms with Crippen LogP contribution in [-0.2, 0) is 4.74 Å². The summed E-state index contributed by atoms with van der Waals surface area (Å²) in [5.74, 6) is 0.889. The van der Waals surface area contributed by atoms with Gasteiger partial charge in [-0.3, -0.25) is 4.90 Å². The number of nitrogens with zero attached hydrogens (tertiary/aromatic N) is 1. The van der Waals surface area contributed by atoms with Gasteiger partial charge in [-0.25, -0.2) is 0 Å². The Morgan fingerprint density at radius 2 is 2.00 bits per heavy atom. The highest BCUT2D eigenvalue weighted by Crippen LogP contribution is 2.22. The molecular formula is C17H27NO3. The number of ether oxygens (including phenoxy) is 2. The number of para-hydroxylation sites is 1. The van der Waals surface area contributed by atoms with E-state index < -0.39 is 6.10 Å². The fraction of sp³-hybridized carbons (Fsp3) is 0.647. The van der Waals surface area contributed by atoms with Gasteiger partial charge in [0.15, 0.2) is 0 Å². The number of morpholine rings is 1. The molecule has 1 heterocycles. The van der Waals surface area contributed by atoms with Crippen molar-refractivity contribution in [1.82, 2.24) is 4.90 Å². The van der Waals surface area contributed by atoms with Crippen molar-refractivity contribution in [2.75, 3.05) is 26.3 Å². The molecule has 1 fully saturated rings. The standard InChI is InChI=1S/C17H27NO3/c1-12-6-5-7-13(2)17(12)21-11-16(19)10-18-8-9-20-15(4)14(18)3/h5-7,14-16,19H,8-11H2,1-4H3. The minimum absolute atomic E-state index is 0.213. The molecule has 0 radical (unpaired) electrons. The molecule has 1 aromatic rings. The zero-order valence-electron chi connectivity index (χ0n) is 13.5. The number of hydrogen-bond donors (Lipinski definition) is 1. The average molecular weight is 293 g/mol. The van der Waals surface area contributed by atoms with Crippen LogP contribution in [0.5, 0.6) is 5.75 Å². The van der Waals surface area contributed by atoms with Gasteiger partial charge in [-0.05, 0) is 38.8 Å². The smallest absolute Gasteiger partial charge is 0.125 e. The van der Waals surface area contributed by atoms with E-state index in [1.807, 2.05) is 32.0 Å². The lowest BCUT2D eigenvalue weighted by Gasteiger charge is -2.38. The van der Waals surface area contributed by atoms with E-state index in [-0.39, 0.29) is 6.10 Å². The molecule has 118 valence electrons. The highest BCUT2D eigenvalue weighted by molar-refractivity contribution is 5.39. The van der Waals surface area contributed by atoms with Crippen molar-refractivity contribution < 1.29 is 14.6 Å². The summed E-state index contributed by atoms with van der Waals surface area (Å²) in [5.41, 5.74) is 2.21. The predicted octanol–water partition coefficient (Wildman–Crippen LogP) is 2.15. The van der Waals surface area contributed by atoms with Gasteiger partial charge in [0.05, 0.1) is 12.7 Å². The zero-order valence-corrected chi connectivity index (χ0v) is 13.5. The van der Waals surface area contributed by atoms with Crippen molar-refractivity contribution >= 4 is 0 Å². The lowest BCUT2D eigenvalue weighted by Crippen LogP contribution is -2.51. The summed E-state index contributed by atoms with van der Waals surface area (Å²) in [5, 5.41) is 10.2. The second kappa shape index (κ2) is 7.25.